The van der Waals surface area contributed by atoms with E-state index in [4.69, 9.17) is 12.2 Å². The van der Waals surface area contributed by atoms with Gasteiger partial charge >= 0.3 is 0 Å². The second kappa shape index (κ2) is 7.38. The van der Waals surface area contributed by atoms with Crippen molar-refractivity contribution < 1.29 is 8.78 Å². The molecule has 24 heavy (non-hydrogen) atoms. The molecule has 2 aromatic rings. The number of anilines is 1. The Morgan fingerprint density at radius 3 is 2.67 bits per heavy atom. The van der Waals surface area contributed by atoms with E-state index in [9.17, 15) is 8.78 Å². The average molecular weight is 349 g/mol. The van der Waals surface area contributed by atoms with Crippen molar-refractivity contribution in [2.45, 2.75) is 44.4 Å². The Morgan fingerprint density at radius 2 is 1.96 bits per heavy atom. The third kappa shape index (κ3) is 3.64. The van der Waals surface area contributed by atoms with Crippen LogP contribution in [0, 0.1) is 0 Å². The summed E-state index contributed by atoms with van der Waals surface area (Å²) in [6, 6.07) is 8.04. The third-order valence-electron chi connectivity index (χ3n) is 4.56. The van der Waals surface area contributed by atoms with Gasteiger partial charge in [0, 0.05) is 18.9 Å². The van der Waals surface area contributed by atoms with Crippen LogP contribution in [0.1, 0.15) is 61.3 Å². The van der Waals surface area contributed by atoms with Crippen LogP contribution in [0.25, 0.3) is 0 Å². The molecule has 1 fully saturated rings. The molecule has 1 aliphatic carbocycles. The highest BCUT2D eigenvalue weighted by Gasteiger charge is 2.22. The molecule has 0 amide bonds. The van der Waals surface area contributed by atoms with Gasteiger partial charge in [0.05, 0.1) is 5.56 Å². The maximum atomic E-state index is 13.1. The number of alkyl halides is 2. The van der Waals surface area contributed by atoms with E-state index in [1.807, 2.05) is 18.2 Å². The summed E-state index contributed by atoms with van der Waals surface area (Å²) in [5.41, 5.74) is 2.16. The predicted octanol–water partition coefficient (Wildman–Crippen LogP) is 5.19. The van der Waals surface area contributed by atoms with Crippen LogP contribution in [0.3, 0.4) is 0 Å². The summed E-state index contributed by atoms with van der Waals surface area (Å²) in [4.78, 5) is 0.293. The molecule has 0 unspecified atom stereocenters. The Bertz CT molecular complexity index is 721. The second-order valence-corrected chi connectivity index (χ2v) is 6.69. The lowest BCUT2D eigenvalue weighted by atomic mass is 9.83. The van der Waals surface area contributed by atoms with Gasteiger partial charge in [-0.05, 0) is 30.4 Å². The number of rotatable bonds is 4. The zero-order valence-electron chi connectivity index (χ0n) is 13.6. The van der Waals surface area contributed by atoms with Crippen LogP contribution < -0.4 is 5.32 Å². The highest BCUT2D eigenvalue weighted by atomic mass is 32.1. The van der Waals surface area contributed by atoms with E-state index in [2.05, 4.69) is 16.5 Å². The lowest BCUT2D eigenvalue weighted by molar-refractivity contribution is 0.145. The SMILES string of the molecule is Cn1cc(C(=S)Nc2ccccc2C2CCCCC2)c(C(F)F)n1. The molecule has 0 aliphatic heterocycles. The van der Waals surface area contributed by atoms with Gasteiger partial charge in [0.25, 0.3) is 6.43 Å². The molecule has 0 spiro atoms. The first-order valence-electron chi connectivity index (χ1n) is 8.28. The van der Waals surface area contributed by atoms with Crippen molar-refractivity contribution >= 4 is 22.9 Å². The lowest BCUT2D eigenvalue weighted by Gasteiger charge is -2.24. The Kier molecular flexibility index (Phi) is 5.23. The van der Waals surface area contributed by atoms with Crippen LogP contribution in [0.4, 0.5) is 14.5 Å². The van der Waals surface area contributed by atoms with Gasteiger partial charge in [-0.3, -0.25) is 4.68 Å². The molecule has 0 bridgehead atoms. The maximum absolute atomic E-state index is 13.1. The number of para-hydroxylation sites is 1. The zero-order valence-corrected chi connectivity index (χ0v) is 14.5. The molecule has 0 saturated heterocycles. The number of nitrogens with zero attached hydrogens (tertiary/aromatic N) is 2. The molecule has 128 valence electrons. The summed E-state index contributed by atoms with van der Waals surface area (Å²) in [5, 5.41) is 7.00. The number of thiocarbonyl (C=S) groups is 1. The Morgan fingerprint density at radius 1 is 1.25 bits per heavy atom. The van der Waals surface area contributed by atoms with Crippen molar-refractivity contribution in [3.63, 3.8) is 0 Å². The second-order valence-electron chi connectivity index (χ2n) is 6.28. The smallest absolute Gasteiger partial charge is 0.282 e. The lowest BCUT2D eigenvalue weighted by Crippen LogP contribution is -2.15. The minimum Gasteiger partial charge on any atom is -0.346 e. The predicted molar refractivity (Wildman–Crippen MR) is 95.8 cm³/mol. The maximum Gasteiger partial charge on any atom is 0.282 e. The summed E-state index contributed by atoms with van der Waals surface area (Å²) in [7, 11) is 1.62. The fourth-order valence-corrected chi connectivity index (χ4v) is 3.68. The summed E-state index contributed by atoms with van der Waals surface area (Å²) in [6.07, 6.45) is 5.00. The van der Waals surface area contributed by atoms with Gasteiger partial charge in [-0.15, -0.1) is 0 Å². The van der Waals surface area contributed by atoms with Crippen LogP contribution in [0.5, 0.6) is 0 Å². The van der Waals surface area contributed by atoms with Crippen molar-refractivity contribution in [3.05, 3.63) is 47.3 Å². The summed E-state index contributed by atoms with van der Waals surface area (Å²) >= 11 is 5.39. The molecule has 3 rings (SSSR count). The van der Waals surface area contributed by atoms with Crippen LogP contribution in [0.2, 0.25) is 0 Å². The molecule has 3 nitrogen and oxygen atoms in total. The van der Waals surface area contributed by atoms with E-state index in [1.165, 1.54) is 42.3 Å². The Labute approximate surface area is 146 Å². The fraction of sp³-hybridized carbons (Fsp3) is 0.444. The number of benzene rings is 1. The standard InChI is InChI=1S/C18H21F2N3S/c1-23-11-14(16(22-23)17(19)20)18(24)21-15-10-6-5-9-13(15)12-7-3-2-4-8-12/h5-6,9-12,17H,2-4,7-8H2,1H3,(H,21,24). The van der Waals surface area contributed by atoms with E-state index in [-0.39, 0.29) is 5.69 Å². The van der Waals surface area contributed by atoms with Crippen LogP contribution >= 0.6 is 12.2 Å². The molecular weight excluding hydrogens is 328 g/mol. The van der Waals surface area contributed by atoms with E-state index in [0.717, 1.165) is 5.69 Å². The molecule has 1 N–H and O–H groups in total. The normalized spacial score (nSPS) is 15.7. The summed E-state index contributed by atoms with van der Waals surface area (Å²) in [6.45, 7) is 0. The monoisotopic (exact) mass is 349 g/mol. The third-order valence-corrected chi connectivity index (χ3v) is 4.88. The molecule has 1 aromatic carbocycles. The van der Waals surface area contributed by atoms with Crippen molar-refractivity contribution in [1.82, 2.24) is 9.78 Å². The van der Waals surface area contributed by atoms with Crippen molar-refractivity contribution in [3.8, 4) is 0 Å². The van der Waals surface area contributed by atoms with Gasteiger partial charge in [0.15, 0.2) is 0 Å². The summed E-state index contributed by atoms with van der Waals surface area (Å²) < 4.78 is 27.7. The number of hydrogen-bond donors (Lipinski definition) is 1. The van der Waals surface area contributed by atoms with Gasteiger partial charge in [-0.25, -0.2) is 8.78 Å². The minimum atomic E-state index is -2.64. The highest BCUT2D eigenvalue weighted by molar-refractivity contribution is 7.81. The fourth-order valence-electron chi connectivity index (χ4n) is 3.41. The number of nitrogens with one attached hydrogen (secondary N) is 1. The van der Waals surface area contributed by atoms with E-state index in [1.54, 1.807) is 13.2 Å². The van der Waals surface area contributed by atoms with Crippen molar-refractivity contribution in [1.29, 1.82) is 0 Å². The number of aromatic nitrogens is 2. The average Bonchev–Trinajstić information content (AvgIpc) is 2.98. The van der Waals surface area contributed by atoms with Gasteiger partial charge < -0.3 is 5.32 Å². The van der Waals surface area contributed by atoms with Crippen LogP contribution in [-0.2, 0) is 7.05 Å². The van der Waals surface area contributed by atoms with E-state index < -0.39 is 6.43 Å². The Hall–Kier alpha value is -1.82. The number of hydrogen-bond acceptors (Lipinski definition) is 2. The molecule has 1 heterocycles. The molecule has 1 saturated carbocycles. The van der Waals surface area contributed by atoms with Crippen LogP contribution in [-0.4, -0.2) is 14.8 Å². The minimum absolute atomic E-state index is 0.273. The number of aryl methyl sites for hydroxylation is 1. The molecule has 1 aliphatic rings. The first-order valence-corrected chi connectivity index (χ1v) is 8.69. The quantitative estimate of drug-likeness (QED) is 0.770. The largest absolute Gasteiger partial charge is 0.346 e. The first kappa shape index (κ1) is 17.0. The molecule has 1 aromatic heterocycles. The van der Waals surface area contributed by atoms with Crippen molar-refractivity contribution in [2.75, 3.05) is 5.32 Å². The van der Waals surface area contributed by atoms with Gasteiger partial charge in [0.1, 0.15) is 10.7 Å². The molecule has 6 heteroatoms. The Balaban J connectivity index is 1.85. The van der Waals surface area contributed by atoms with Crippen molar-refractivity contribution in [2.24, 2.45) is 7.05 Å². The van der Waals surface area contributed by atoms with Gasteiger partial charge in [-0.2, -0.15) is 5.10 Å². The molecule has 0 atom stereocenters. The van der Waals surface area contributed by atoms with E-state index in [0.29, 0.717) is 16.5 Å². The van der Waals surface area contributed by atoms with E-state index >= 15 is 0 Å². The van der Waals surface area contributed by atoms with Gasteiger partial charge in [0.2, 0.25) is 0 Å². The molecule has 0 radical (unpaired) electrons. The topological polar surface area (TPSA) is 29.9 Å². The molecular formula is C18H21F2N3S. The first-order chi connectivity index (χ1) is 11.6. The van der Waals surface area contributed by atoms with Crippen LogP contribution in [0.15, 0.2) is 30.5 Å². The summed E-state index contributed by atoms with van der Waals surface area (Å²) in [5.74, 6) is 0.508. The van der Waals surface area contributed by atoms with Gasteiger partial charge in [-0.1, -0.05) is 49.7 Å². The zero-order chi connectivity index (χ0) is 17.1. The number of halogens is 2. The highest BCUT2D eigenvalue weighted by Crippen LogP contribution is 2.36.